The molecule has 2 atom stereocenters. The predicted molar refractivity (Wildman–Crippen MR) is 67.4 cm³/mol. The van der Waals surface area contributed by atoms with Gasteiger partial charge in [0.25, 0.3) is 0 Å². The second-order valence-electron chi connectivity index (χ2n) is 5.23. The number of carbonyl (C=O) groups excluding carboxylic acids is 1. The highest BCUT2D eigenvalue weighted by molar-refractivity contribution is 5.79. The average molecular weight is 271 g/mol. The number of hydrogen-bond donors (Lipinski definition) is 0. The average Bonchev–Trinajstić information content (AvgIpc) is 2.66. The summed E-state index contributed by atoms with van der Waals surface area (Å²) in [6, 6.07) is 4.14. The lowest BCUT2D eigenvalue weighted by molar-refractivity contribution is -0.137. The van der Waals surface area contributed by atoms with Crippen molar-refractivity contribution in [2.24, 2.45) is 5.92 Å². The molecule has 0 aliphatic carbocycles. The number of hydrogen-bond acceptors (Lipinski definition) is 2. The summed E-state index contributed by atoms with van der Waals surface area (Å²) >= 11 is 0. The predicted octanol–water partition coefficient (Wildman–Crippen LogP) is 3.75. The monoisotopic (exact) mass is 271 g/mol. The van der Waals surface area contributed by atoms with Gasteiger partial charge in [0, 0.05) is 23.8 Å². The van der Waals surface area contributed by atoms with Crippen molar-refractivity contribution in [3.63, 3.8) is 0 Å². The molecule has 1 aromatic rings. The quantitative estimate of drug-likeness (QED) is 0.763. The molecule has 1 aromatic carbocycles. The van der Waals surface area contributed by atoms with Crippen LogP contribution in [0.2, 0.25) is 0 Å². The maximum Gasteiger partial charge on any atom is 0.417 e. The third kappa shape index (κ3) is 2.74. The molecule has 104 valence electrons. The summed E-state index contributed by atoms with van der Waals surface area (Å²) in [5, 5.41) is 0. The fourth-order valence-electron chi connectivity index (χ4n) is 2.73. The normalized spacial score (nSPS) is 23.7. The fraction of sp³-hybridized carbons (Fsp3) is 0.500. The number of alkyl halides is 3. The van der Waals surface area contributed by atoms with Gasteiger partial charge in [-0.05, 0) is 37.5 Å². The van der Waals surface area contributed by atoms with E-state index in [0.717, 1.165) is 19.0 Å². The number of anilines is 1. The highest BCUT2D eigenvalue weighted by Crippen LogP contribution is 2.36. The van der Waals surface area contributed by atoms with Crippen molar-refractivity contribution in [3.05, 3.63) is 29.3 Å². The molecule has 1 saturated heterocycles. The second-order valence-corrected chi connectivity index (χ2v) is 5.23. The molecular weight excluding hydrogens is 255 g/mol. The Labute approximate surface area is 110 Å². The van der Waals surface area contributed by atoms with Crippen LogP contribution < -0.4 is 4.90 Å². The lowest BCUT2D eigenvalue weighted by Gasteiger charge is -2.25. The van der Waals surface area contributed by atoms with Crippen LogP contribution in [0.15, 0.2) is 18.2 Å². The first kappa shape index (κ1) is 13.9. The summed E-state index contributed by atoms with van der Waals surface area (Å²) in [5.74, 6) is 0.468. The van der Waals surface area contributed by atoms with E-state index in [2.05, 4.69) is 6.92 Å². The summed E-state index contributed by atoms with van der Waals surface area (Å²) in [7, 11) is 0. The van der Waals surface area contributed by atoms with Gasteiger partial charge in [-0.3, -0.25) is 4.79 Å². The van der Waals surface area contributed by atoms with Crippen LogP contribution in [0.4, 0.5) is 18.9 Å². The molecular formula is C14H16F3NO. The lowest BCUT2D eigenvalue weighted by Crippen LogP contribution is -2.27. The van der Waals surface area contributed by atoms with E-state index in [1.54, 1.807) is 6.07 Å². The largest absolute Gasteiger partial charge is 0.417 e. The zero-order valence-electron chi connectivity index (χ0n) is 10.9. The Morgan fingerprint density at radius 1 is 1.32 bits per heavy atom. The molecule has 0 aromatic heterocycles. The minimum Gasteiger partial charge on any atom is -0.369 e. The molecule has 0 radical (unpaired) electrons. The van der Waals surface area contributed by atoms with Crippen LogP contribution in [0.5, 0.6) is 0 Å². The van der Waals surface area contributed by atoms with E-state index in [1.165, 1.54) is 6.07 Å². The van der Waals surface area contributed by atoms with Crippen molar-refractivity contribution in [1.82, 2.24) is 0 Å². The van der Waals surface area contributed by atoms with Crippen LogP contribution in [0, 0.1) is 5.92 Å². The van der Waals surface area contributed by atoms with E-state index in [1.807, 2.05) is 11.8 Å². The lowest BCUT2D eigenvalue weighted by atomic mass is 10.1. The zero-order valence-corrected chi connectivity index (χ0v) is 10.9. The van der Waals surface area contributed by atoms with Gasteiger partial charge in [-0.1, -0.05) is 6.92 Å². The van der Waals surface area contributed by atoms with Gasteiger partial charge in [-0.2, -0.15) is 13.2 Å². The number of aldehydes is 1. The molecule has 0 saturated carbocycles. The summed E-state index contributed by atoms with van der Waals surface area (Å²) < 4.78 is 38.7. The Bertz CT molecular complexity index is 484. The number of benzene rings is 1. The topological polar surface area (TPSA) is 20.3 Å². The number of rotatable bonds is 2. The van der Waals surface area contributed by atoms with Gasteiger partial charge in [0.1, 0.15) is 0 Å². The van der Waals surface area contributed by atoms with Crippen LogP contribution in [0.1, 0.15) is 36.2 Å². The van der Waals surface area contributed by atoms with Crippen LogP contribution in [0.25, 0.3) is 0 Å². The van der Waals surface area contributed by atoms with Crippen LogP contribution in [-0.4, -0.2) is 18.9 Å². The zero-order chi connectivity index (χ0) is 14.2. The minimum atomic E-state index is -4.50. The highest BCUT2D eigenvalue weighted by atomic mass is 19.4. The Morgan fingerprint density at radius 2 is 2.00 bits per heavy atom. The van der Waals surface area contributed by atoms with E-state index in [-0.39, 0.29) is 17.9 Å². The Kier molecular flexibility index (Phi) is 3.56. The fourth-order valence-corrected chi connectivity index (χ4v) is 2.73. The molecule has 0 amide bonds. The van der Waals surface area contributed by atoms with Gasteiger partial charge >= 0.3 is 6.18 Å². The van der Waals surface area contributed by atoms with Gasteiger partial charge < -0.3 is 4.90 Å². The Balaban J connectivity index is 2.41. The van der Waals surface area contributed by atoms with E-state index in [9.17, 15) is 18.0 Å². The molecule has 0 N–H and O–H groups in total. The van der Waals surface area contributed by atoms with Gasteiger partial charge in [-0.15, -0.1) is 0 Å². The van der Waals surface area contributed by atoms with Gasteiger partial charge in [-0.25, -0.2) is 0 Å². The summed E-state index contributed by atoms with van der Waals surface area (Å²) in [5.41, 5.74) is -0.627. The van der Waals surface area contributed by atoms with Crippen molar-refractivity contribution in [1.29, 1.82) is 0 Å². The number of halogens is 3. The van der Waals surface area contributed by atoms with Crippen molar-refractivity contribution in [3.8, 4) is 0 Å². The summed E-state index contributed by atoms with van der Waals surface area (Å²) in [6.07, 6.45) is -3.28. The number of carbonyl (C=O) groups is 1. The molecule has 0 spiro atoms. The van der Waals surface area contributed by atoms with Crippen LogP contribution >= 0.6 is 0 Å². The maximum atomic E-state index is 12.9. The summed E-state index contributed by atoms with van der Waals surface area (Å²) in [6.45, 7) is 4.84. The minimum absolute atomic E-state index is 0.221. The first-order valence-corrected chi connectivity index (χ1v) is 6.26. The molecule has 2 rings (SSSR count). The third-order valence-corrected chi connectivity index (χ3v) is 3.58. The third-order valence-electron chi connectivity index (χ3n) is 3.58. The van der Waals surface area contributed by atoms with E-state index >= 15 is 0 Å². The van der Waals surface area contributed by atoms with Gasteiger partial charge in [0.2, 0.25) is 0 Å². The Hall–Kier alpha value is -1.52. The Morgan fingerprint density at radius 3 is 2.47 bits per heavy atom. The first-order valence-electron chi connectivity index (χ1n) is 6.26. The van der Waals surface area contributed by atoms with Crippen molar-refractivity contribution >= 4 is 12.0 Å². The van der Waals surface area contributed by atoms with Crippen molar-refractivity contribution < 1.29 is 18.0 Å². The molecule has 19 heavy (non-hydrogen) atoms. The smallest absolute Gasteiger partial charge is 0.369 e. The molecule has 2 unspecified atom stereocenters. The van der Waals surface area contributed by atoms with Gasteiger partial charge in [0.05, 0.1) is 5.56 Å². The van der Waals surface area contributed by atoms with Crippen molar-refractivity contribution in [2.75, 3.05) is 11.4 Å². The molecule has 2 nitrogen and oxygen atoms in total. The standard InChI is InChI=1S/C14H16F3NO/c1-9-5-10(2)18(7-9)12-4-3-11(8-19)13(6-12)14(15,16)17/h3-4,6,8-10H,5,7H2,1-2H3. The molecule has 1 fully saturated rings. The molecule has 1 heterocycles. The SMILES string of the molecule is CC1CC(C)N(c2ccc(C=O)c(C(F)(F)F)c2)C1. The summed E-state index contributed by atoms with van der Waals surface area (Å²) in [4.78, 5) is 12.7. The molecule has 0 bridgehead atoms. The van der Waals surface area contributed by atoms with Crippen LogP contribution in [-0.2, 0) is 6.18 Å². The van der Waals surface area contributed by atoms with Gasteiger partial charge in [0.15, 0.2) is 6.29 Å². The first-order chi connectivity index (χ1) is 8.82. The number of nitrogens with zero attached hydrogens (tertiary/aromatic N) is 1. The van der Waals surface area contributed by atoms with E-state index in [0.29, 0.717) is 11.6 Å². The van der Waals surface area contributed by atoms with Crippen LogP contribution in [0.3, 0.4) is 0 Å². The molecule has 5 heteroatoms. The second kappa shape index (κ2) is 4.87. The van der Waals surface area contributed by atoms with E-state index in [4.69, 9.17) is 0 Å². The van der Waals surface area contributed by atoms with E-state index < -0.39 is 11.7 Å². The molecule has 1 aliphatic rings. The highest BCUT2D eigenvalue weighted by Gasteiger charge is 2.35. The van der Waals surface area contributed by atoms with Crippen molar-refractivity contribution in [2.45, 2.75) is 32.5 Å². The molecule has 1 aliphatic heterocycles. The maximum absolute atomic E-state index is 12.9.